The molecule has 0 spiro atoms. The Morgan fingerprint density at radius 1 is 0.304 bits per heavy atom. The van der Waals surface area contributed by atoms with E-state index in [9.17, 15) is 0 Å². The Hall–Kier alpha value is -7.63. The van der Waals surface area contributed by atoms with Crippen LogP contribution in [0.3, 0.4) is 0 Å². The standard InChI is InChI=1S/C51H29N3O2/c1-2-11-31(12-3-1)49-52-50(36-21-22-38-34(26-36)19-18-30-10-6-7-15-37(30)38)54-51(53-49)48-39(24-25-44-47(48)41-16-8-9-17-43(41)55-44)35-20-23-40-42-27-32-13-4-5-14-33(32)28-46(42)56-45(40)29-35/h1-29H. The molecule has 0 unspecified atom stereocenters. The van der Waals surface area contributed by atoms with E-state index in [2.05, 4.69) is 127 Å². The summed E-state index contributed by atoms with van der Waals surface area (Å²) in [5.74, 6) is 1.76. The molecule has 260 valence electrons. The van der Waals surface area contributed by atoms with Gasteiger partial charge in [0.15, 0.2) is 17.5 Å². The summed E-state index contributed by atoms with van der Waals surface area (Å²) in [6.45, 7) is 0. The Kier molecular flexibility index (Phi) is 6.56. The number of para-hydroxylation sites is 1. The predicted molar refractivity (Wildman–Crippen MR) is 229 cm³/mol. The highest BCUT2D eigenvalue weighted by Crippen LogP contribution is 2.44. The van der Waals surface area contributed by atoms with Gasteiger partial charge in [-0.1, -0.05) is 127 Å². The normalized spacial score (nSPS) is 11.9. The number of aromatic nitrogens is 3. The fraction of sp³-hybridized carbons (Fsp3) is 0. The molecule has 0 aliphatic heterocycles. The second-order valence-electron chi connectivity index (χ2n) is 14.4. The molecule has 0 radical (unpaired) electrons. The molecule has 0 fully saturated rings. The second kappa shape index (κ2) is 11.9. The number of benzene rings is 9. The van der Waals surface area contributed by atoms with Crippen LogP contribution in [0.25, 0.3) is 121 Å². The zero-order valence-electron chi connectivity index (χ0n) is 29.9. The van der Waals surface area contributed by atoms with E-state index in [-0.39, 0.29) is 0 Å². The summed E-state index contributed by atoms with van der Waals surface area (Å²) >= 11 is 0. The van der Waals surface area contributed by atoms with Crippen LogP contribution in [0, 0.1) is 0 Å². The van der Waals surface area contributed by atoms with Crippen LogP contribution in [-0.4, -0.2) is 15.0 Å². The molecule has 3 heterocycles. The molecular weight excluding hydrogens is 687 g/mol. The van der Waals surface area contributed by atoms with Crippen molar-refractivity contribution < 1.29 is 8.83 Å². The van der Waals surface area contributed by atoms with Crippen LogP contribution in [0.15, 0.2) is 185 Å². The van der Waals surface area contributed by atoms with E-state index in [1.54, 1.807) is 0 Å². The summed E-state index contributed by atoms with van der Waals surface area (Å²) in [6.07, 6.45) is 0. The van der Waals surface area contributed by atoms with Crippen molar-refractivity contribution in [2.45, 2.75) is 0 Å². The number of fused-ring (bicyclic) bond motifs is 10. The Labute approximate surface area is 320 Å². The van der Waals surface area contributed by atoms with E-state index in [1.807, 2.05) is 48.5 Å². The Morgan fingerprint density at radius 3 is 1.80 bits per heavy atom. The maximum Gasteiger partial charge on any atom is 0.165 e. The van der Waals surface area contributed by atoms with Gasteiger partial charge in [0.25, 0.3) is 0 Å². The predicted octanol–water partition coefficient (Wildman–Crippen LogP) is 13.8. The number of hydrogen-bond donors (Lipinski definition) is 0. The lowest BCUT2D eigenvalue weighted by Gasteiger charge is -2.14. The summed E-state index contributed by atoms with van der Waals surface area (Å²) in [4.78, 5) is 15.7. The van der Waals surface area contributed by atoms with Gasteiger partial charge in [0.2, 0.25) is 0 Å². The first-order valence-corrected chi connectivity index (χ1v) is 18.8. The molecular formula is C51H29N3O2. The molecule has 0 saturated heterocycles. The molecule has 12 rings (SSSR count). The summed E-state index contributed by atoms with van der Waals surface area (Å²) in [5.41, 5.74) is 7.91. The number of hydrogen-bond acceptors (Lipinski definition) is 5. The van der Waals surface area contributed by atoms with Crippen LogP contribution < -0.4 is 0 Å². The fourth-order valence-corrected chi connectivity index (χ4v) is 8.40. The maximum atomic E-state index is 6.57. The van der Waals surface area contributed by atoms with Crippen molar-refractivity contribution >= 4 is 76.2 Å². The molecule has 5 heteroatoms. The van der Waals surface area contributed by atoms with Crippen LogP contribution in [0.2, 0.25) is 0 Å². The average Bonchev–Trinajstić information content (AvgIpc) is 3.82. The Balaban J connectivity index is 1.12. The first-order chi connectivity index (χ1) is 27.7. The van der Waals surface area contributed by atoms with Gasteiger partial charge in [-0.25, -0.2) is 15.0 Å². The lowest BCUT2D eigenvalue weighted by atomic mass is 9.94. The van der Waals surface area contributed by atoms with Gasteiger partial charge < -0.3 is 8.83 Å². The SMILES string of the molecule is c1ccc(-c2nc(-c3ccc4c(ccc5ccccc54)c3)nc(-c3c(-c4ccc5c(c4)oc4cc6ccccc6cc45)ccc4oc5ccccc5c34)n2)cc1. The van der Waals surface area contributed by atoms with Crippen molar-refractivity contribution in [3.05, 3.63) is 176 Å². The molecule has 0 atom stereocenters. The quantitative estimate of drug-likeness (QED) is 0.170. The highest BCUT2D eigenvalue weighted by molar-refractivity contribution is 6.16. The van der Waals surface area contributed by atoms with Crippen molar-refractivity contribution in [3.8, 4) is 45.3 Å². The highest BCUT2D eigenvalue weighted by atomic mass is 16.3. The van der Waals surface area contributed by atoms with Crippen molar-refractivity contribution in [1.29, 1.82) is 0 Å². The third-order valence-electron chi connectivity index (χ3n) is 11.1. The molecule has 12 aromatic rings. The van der Waals surface area contributed by atoms with E-state index in [4.69, 9.17) is 23.8 Å². The number of rotatable bonds is 4. The first kappa shape index (κ1) is 30.8. The molecule has 9 aromatic carbocycles. The Bertz CT molecular complexity index is 3550. The topological polar surface area (TPSA) is 65.0 Å². The lowest BCUT2D eigenvalue weighted by Crippen LogP contribution is -2.01. The average molecular weight is 716 g/mol. The second-order valence-corrected chi connectivity index (χ2v) is 14.4. The molecule has 3 aromatic heterocycles. The molecule has 56 heavy (non-hydrogen) atoms. The minimum absolute atomic E-state index is 0.565. The van der Waals surface area contributed by atoms with Crippen molar-refractivity contribution in [2.75, 3.05) is 0 Å². The van der Waals surface area contributed by atoms with Crippen LogP contribution in [0.5, 0.6) is 0 Å². The van der Waals surface area contributed by atoms with Crippen LogP contribution >= 0.6 is 0 Å². The zero-order valence-corrected chi connectivity index (χ0v) is 29.9. The van der Waals surface area contributed by atoms with Gasteiger partial charge in [-0.3, -0.25) is 0 Å². The van der Waals surface area contributed by atoms with E-state index in [1.165, 1.54) is 21.5 Å². The van der Waals surface area contributed by atoms with Crippen LogP contribution in [0.1, 0.15) is 0 Å². The van der Waals surface area contributed by atoms with Gasteiger partial charge in [-0.15, -0.1) is 0 Å². The van der Waals surface area contributed by atoms with Gasteiger partial charge in [-0.05, 0) is 92.0 Å². The molecule has 5 nitrogen and oxygen atoms in total. The number of furan rings is 2. The Morgan fingerprint density at radius 2 is 0.929 bits per heavy atom. The summed E-state index contributed by atoms with van der Waals surface area (Å²) < 4.78 is 13.0. The van der Waals surface area contributed by atoms with E-state index in [0.717, 1.165) is 82.5 Å². The summed E-state index contributed by atoms with van der Waals surface area (Å²) in [5, 5.41) is 11.2. The van der Waals surface area contributed by atoms with Crippen molar-refractivity contribution in [3.63, 3.8) is 0 Å². The summed E-state index contributed by atoms with van der Waals surface area (Å²) in [7, 11) is 0. The fourth-order valence-electron chi connectivity index (χ4n) is 8.40. The summed E-state index contributed by atoms with van der Waals surface area (Å²) in [6, 6.07) is 61.0. The number of nitrogens with zero attached hydrogens (tertiary/aromatic N) is 3. The first-order valence-electron chi connectivity index (χ1n) is 18.8. The molecule has 0 amide bonds. The van der Waals surface area contributed by atoms with Gasteiger partial charge in [0.05, 0.1) is 0 Å². The van der Waals surface area contributed by atoms with Crippen molar-refractivity contribution in [1.82, 2.24) is 15.0 Å². The molecule has 0 N–H and O–H groups in total. The maximum absolute atomic E-state index is 6.57. The minimum atomic E-state index is 0.565. The van der Waals surface area contributed by atoms with Crippen LogP contribution in [0.4, 0.5) is 0 Å². The molecule has 0 aliphatic carbocycles. The van der Waals surface area contributed by atoms with Crippen LogP contribution in [-0.2, 0) is 0 Å². The third-order valence-corrected chi connectivity index (χ3v) is 11.1. The monoisotopic (exact) mass is 715 g/mol. The molecule has 0 bridgehead atoms. The lowest BCUT2D eigenvalue weighted by molar-refractivity contribution is 0.669. The van der Waals surface area contributed by atoms with Gasteiger partial charge >= 0.3 is 0 Å². The smallest absolute Gasteiger partial charge is 0.165 e. The minimum Gasteiger partial charge on any atom is -0.456 e. The van der Waals surface area contributed by atoms with E-state index >= 15 is 0 Å². The van der Waals surface area contributed by atoms with E-state index in [0.29, 0.717) is 17.5 Å². The van der Waals surface area contributed by atoms with Gasteiger partial charge in [-0.2, -0.15) is 0 Å². The zero-order chi connectivity index (χ0) is 36.7. The molecule has 0 saturated carbocycles. The van der Waals surface area contributed by atoms with Gasteiger partial charge in [0.1, 0.15) is 22.3 Å². The highest BCUT2D eigenvalue weighted by Gasteiger charge is 2.23. The molecule has 0 aliphatic rings. The largest absolute Gasteiger partial charge is 0.456 e. The van der Waals surface area contributed by atoms with E-state index < -0.39 is 0 Å². The van der Waals surface area contributed by atoms with Gasteiger partial charge in [0, 0.05) is 38.2 Å². The van der Waals surface area contributed by atoms with Crippen molar-refractivity contribution in [2.24, 2.45) is 0 Å². The third kappa shape index (κ3) is 4.78.